The Labute approximate surface area is 97.7 Å². The van der Waals surface area contributed by atoms with E-state index < -0.39 is 0 Å². The van der Waals surface area contributed by atoms with Gasteiger partial charge in [-0.05, 0) is 30.3 Å². The first-order chi connectivity index (χ1) is 7.78. The van der Waals surface area contributed by atoms with E-state index in [4.69, 9.17) is 4.74 Å². The number of benzene rings is 1. The van der Waals surface area contributed by atoms with Crippen molar-refractivity contribution in [2.75, 3.05) is 12.4 Å². The highest BCUT2D eigenvalue weighted by Gasteiger charge is 2.00. The summed E-state index contributed by atoms with van der Waals surface area (Å²) < 4.78 is 18.0. The van der Waals surface area contributed by atoms with Crippen LogP contribution in [0.1, 0.15) is 4.88 Å². The van der Waals surface area contributed by atoms with Crippen LogP contribution < -0.4 is 10.1 Å². The van der Waals surface area contributed by atoms with Crippen LogP contribution in [-0.2, 0) is 6.54 Å². The van der Waals surface area contributed by atoms with Crippen LogP contribution in [0.3, 0.4) is 0 Å². The summed E-state index contributed by atoms with van der Waals surface area (Å²) in [6.45, 7) is 0.678. The Bertz CT molecular complexity index is 470. The lowest BCUT2D eigenvalue weighted by Crippen LogP contribution is -1.97. The second kappa shape index (κ2) is 4.99. The first-order valence-electron chi connectivity index (χ1n) is 4.90. The van der Waals surface area contributed by atoms with Gasteiger partial charge in [0, 0.05) is 17.1 Å². The molecular weight excluding hydrogens is 225 g/mol. The van der Waals surface area contributed by atoms with E-state index in [1.54, 1.807) is 24.5 Å². The van der Waals surface area contributed by atoms with Crippen LogP contribution in [0.2, 0.25) is 0 Å². The lowest BCUT2D eigenvalue weighted by atomic mass is 10.3. The number of halogens is 1. The van der Waals surface area contributed by atoms with Crippen molar-refractivity contribution in [2.24, 2.45) is 0 Å². The summed E-state index contributed by atoms with van der Waals surface area (Å²) in [5.74, 6) is -0.228. The number of hydrogen-bond acceptors (Lipinski definition) is 3. The van der Waals surface area contributed by atoms with Gasteiger partial charge in [0.05, 0.1) is 7.11 Å². The zero-order valence-corrected chi connectivity index (χ0v) is 9.68. The van der Waals surface area contributed by atoms with Gasteiger partial charge in [-0.3, -0.25) is 0 Å². The molecule has 1 aromatic heterocycles. The normalized spacial score (nSPS) is 10.1. The van der Waals surface area contributed by atoms with Crippen LogP contribution in [0.4, 0.5) is 10.1 Å². The molecule has 1 N–H and O–H groups in total. The maximum absolute atomic E-state index is 12.9. The van der Waals surface area contributed by atoms with E-state index in [0.29, 0.717) is 6.54 Å². The molecule has 0 unspecified atom stereocenters. The molecule has 0 aliphatic rings. The molecule has 84 valence electrons. The smallest absolute Gasteiger partial charge is 0.173 e. The maximum Gasteiger partial charge on any atom is 0.173 e. The zero-order chi connectivity index (χ0) is 11.4. The first-order valence-corrected chi connectivity index (χ1v) is 5.72. The quantitative estimate of drug-likeness (QED) is 0.878. The number of thiophene rings is 1. The summed E-state index contributed by atoms with van der Waals surface area (Å²) in [5, 5.41) is 4.04. The number of ether oxygens (including phenoxy) is 1. The number of anilines is 1. The molecule has 0 radical (unpaired) electrons. The summed E-state index contributed by atoms with van der Waals surface area (Å²) in [6.07, 6.45) is 0. The molecule has 0 atom stereocenters. The molecule has 0 amide bonds. The molecule has 0 fully saturated rings. The fraction of sp³-hybridized carbons (Fsp3) is 0.167. The molecule has 1 heterocycles. The van der Waals surface area contributed by atoms with Gasteiger partial charge < -0.3 is 10.1 Å². The van der Waals surface area contributed by atoms with E-state index in [-0.39, 0.29) is 5.82 Å². The molecule has 2 rings (SSSR count). The second-order valence-corrected chi connectivity index (χ2v) is 4.42. The molecule has 0 saturated heterocycles. The average molecular weight is 237 g/mol. The number of hydrogen-bond donors (Lipinski definition) is 1. The van der Waals surface area contributed by atoms with E-state index in [1.807, 2.05) is 18.2 Å². The van der Waals surface area contributed by atoms with E-state index in [0.717, 1.165) is 15.6 Å². The van der Waals surface area contributed by atoms with E-state index in [9.17, 15) is 4.39 Å². The highest BCUT2D eigenvalue weighted by molar-refractivity contribution is 7.13. The minimum Gasteiger partial charge on any atom is -0.487 e. The van der Waals surface area contributed by atoms with Crippen molar-refractivity contribution in [3.63, 3.8) is 0 Å². The second-order valence-electron chi connectivity index (χ2n) is 3.29. The predicted molar refractivity (Wildman–Crippen MR) is 64.6 cm³/mol. The third-order valence-electron chi connectivity index (χ3n) is 2.13. The van der Waals surface area contributed by atoms with Crippen LogP contribution in [0.5, 0.6) is 5.06 Å². The van der Waals surface area contributed by atoms with E-state index >= 15 is 0 Å². The molecule has 2 nitrogen and oxygen atoms in total. The van der Waals surface area contributed by atoms with Crippen molar-refractivity contribution in [3.8, 4) is 5.06 Å². The molecule has 16 heavy (non-hydrogen) atoms. The van der Waals surface area contributed by atoms with Crippen molar-refractivity contribution in [2.45, 2.75) is 6.54 Å². The first kappa shape index (κ1) is 11.0. The Balaban J connectivity index is 1.96. The molecule has 0 aliphatic heterocycles. The van der Waals surface area contributed by atoms with Crippen LogP contribution in [-0.4, -0.2) is 7.11 Å². The van der Waals surface area contributed by atoms with Crippen molar-refractivity contribution < 1.29 is 9.13 Å². The zero-order valence-electron chi connectivity index (χ0n) is 8.87. The Hall–Kier alpha value is -1.55. The van der Waals surface area contributed by atoms with Gasteiger partial charge >= 0.3 is 0 Å². The number of nitrogens with one attached hydrogen (secondary N) is 1. The standard InChI is InChI=1S/C12H12FNOS/c1-15-12-6-5-11(16-12)8-14-10-4-2-3-9(13)7-10/h2-7,14H,8H2,1H3. The van der Waals surface area contributed by atoms with Gasteiger partial charge in [-0.25, -0.2) is 4.39 Å². The van der Waals surface area contributed by atoms with Gasteiger partial charge in [0.2, 0.25) is 0 Å². The van der Waals surface area contributed by atoms with Crippen molar-refractivity contribution >= 4 is 17.0 Å². The van der Waals surface area contributed by atoms with Crippen LogP contribution >= 0.6 is 11.3 Å². The highest BCUT2D eigenvalue weighted by Crippen LogP contribution is 2.24. The minimum atomic E-state index is -0.228. The summed E-state index contributed by atoms with van der Waals surface area (Å²) in [6, 6.07) is 10.4. The third-order valence-corrected chi connectivity index (χ3v) is 3.18. The van der Waals surface area contributed by atoms with Gasteiger partial charge in [0.1, 0.15) is 5.82 Å². The summed E-state index contributed by atoms with van der Waals surface area (Å²) in [5.41, 5.74) is 0.785. The maximum atomic E-state index is 12.9. The molecule has 0 aliphatic carbocycles. The van der Waals surface area contributed by atoms with Crippen molar-refractivity contribution in [1.29, 1.82) is 0 Å². The van der Waals surface area contributed by atoms with Crippen molar-refractivity contribution in [3.05, 3.63) is 47.1 Å². The average Bonchev–Trinajstić information content (AvgIpc) is 2.74. The topological polar surface area (TPSA) is 21.3 Å². The molecule has 4 heteroatoms. The highest BCUT2D eigenvalue weighted by atomic mass is 32.1. The van der Waals surface area contributed by atoms with Crippen molar-refractivity contribution in [1.82, 2.24) is 0 Å². The molecule has 1 aromatic carbocycles. The fourth-order valence-corrected chi connectivity index (χ4v) is 2.11. The Morgan fingerprint density at radius 2 is 2.19 bits per heavy atom. The fourth-order valence-electron chi connectivity index (χ4n) is 1.35. The third kappa shape index (κ3) is 2.73. The lowest BCUT2D eigenvalue weighted by Gasteiger charge is -2.04. The van der Waals surface area contributed by atoms with Gasteiger partial charge in [-0.1, -0.05) is 6.07 Å². The van der Waals surface area contributed by atoms with E-state index in [2.05, 4.69) is 5.32 Å². The van der Waals surface area contributed by atoms with Crippen LogP contribution in [0.25, 0.3) is 0 Å². The molecule has 0 bridgehead atoms. The molecule has 0 saturated carbocycles. The Kier molecular flexibility index (Phi) is 3.41. The van der Waals surface area contributed by atoms with Gasteiger partial charge in [0.15, 0.2) is 5.06 Å². The van der Waals surface area contributed by atoms with Gasteiger partial charge in [0.25, 0.3) is 0 Å². The Morgan fingerprint density at radius 3 is 2.88 bits per heavy atom. The monoisotopic (exact) mass is 237 g/mol. The number of rotatable bonds is 4. The van der Waals surface area contributed by atoms with Crippen LogP contribution in [0, 0.1) is 5.82 Å². The summed E-state index contributed by atoms with van der Waals surface area (Å²) in [4.78, 5) is 1.15. The number of methoxy groups -OCH3 is 1. The van der Waals surface area contributed by atoms with E-state index in [1.165, 1.54) is 12.1 Å². The minimum absolute atomic E-state index is 0.228. The Morgan fingerprint density at radius 1 is 1.31 bits per heavy atom. The predicted octanol–water partition coefficient (Wildman–Crippen LogP) is 3.51. The molecular formula is C12H12FNOS. The molecule has 2 aromatic rings. The van der Waals surface area contributed by atoms with Crippen LogP contribution in [0.15, 0.2) is 36.4 Å². The largest absolute Gasteiger partial charge is 0.487 e. The van der Waals surface area contributed by atoms with Gasteiger partial charge in [-0.15, -0.1) is 11.3 Å². The molecule has 0 spiro atoms. The summed E-state index contributed by atoms with van der Waals surface area (Å²) >= 11 is 1.58. The SMILES string of the molecule is COc1ccc(CNc2cccc(F)c2)s1. The van der Waals surface area contributed by atoms with Gasteiger partial charge in [-0.2, -0.15) is 0 Å². The summed E-state index contributed by atoms with van der Waals surface area (Å²) in [7, 11) is 1.65. The lowest BCUT2D eigenvalue weighted by molar-refractivity contribution is 0.427.